The molecule has 0 aliphatic rings. The molecule has 1 amide bonds. The van der Waals surface area contributed by atoms with Gasteiger partial charge in [0.1, 0.15) is 0 Å². The van der Waals surface area contributed by atoms with Gasteiger partial charge in [0.15, 0.2) is 10.8 Å². The summed E-state index contributed by atoms with van der Waals surface area (Å²) in [7, 11) is 1.80. The quantitative estimate of drug-likeness (QED) is 0.790. The van der Waals surface area contributed by atoms with Gasteiger partial charge < -0.3 is 0 Å². The Morgan fingerprint density at radius 1 is 1.19 bits per heavy atom. The maximum absolute atomic E-state index is 12.3. The molecule has 0 saturated heterocycles. The first-order chi connectivity index (χ1) is 9.95. The first-order valence-corrected chi connectivity index (χ1v) is 7.45. The van der Waals surface area contributed by atoms with E-state index in [9.17, 15) is 4.79 Å². The van der Waals surface area contributed by atoms with Crippen molar-refractivity contribution in [3.05, 3.63) is 40.7 Å². The van der Waals surface area contributed by atoms with Crippen LogP contribution in [0.3, 0.4) is 0 Å². The van der Waals surface area contributed by atoms with E-state index in [0.717, 1.165) is 21.3 Å². The van der Waals surface area contributed by atoms with Gasteiger partial charge in [0.2, 0.25) is 0 Å². The van der Waals surface area contributed by atoms with Gasteiger partial charge in [-0.1, -0.05) is 23.5 Å². The molecule has 0 radical (unpaired) electrons. The number of nitrogens with zero attached hydrogens (tertiary/aromatic N) is 3. The second kappa shape index (κ2) is 4.96. The highest BCUT2D eigenvalue weighted by molar-refractivity contribution is 7.22. The van der Waals surface area contributed by atoms with Crippen LogP contribution >= 0.6 is 11.3 Å². The van der Waals surface area contributed by atoms with E-state index in [1.807, 2.05) is 26.1 Å². The molecule has 2 aromatic heterocycles. The van der Waals surface area contributed by atoms with Crippen molar-refractivity contribution in [3.8, 4) is 0 Å². The normalized spacial score (nSPS) is 11.0. The Morgan fingerprint density at radius 2 is 1.90 bits per heavy atom. The van der Waals surface area contributed by atoms with Crippen molar-refractivity contribution in [1.82, 2.24) is 14.8 Å². The lowest BCUT2D eigenvalue weighted by molar-refractivity contribution is 0.102. The first-order valence-electron chi connectivity index (χ1n) is 6.64. The van der Waals surface area contributed by atoms with Crippen molar-refractivity contribution in [2.75, 3.05) is 5.32 Å². The van der Waals surface area contributed by atoms with E-state index in [-0.39, 0.29) is 5.91 Å². The van der Waals surface area contributed by atoms with Crippen LogP contribution in [-0.4, -0.2) is 20.7 Å². The molecular formula is C15H16N4OS. The fourth-order valence-electron chi connectivity index (χ4n) is 2.30. The highest BCUT2D eigenvalue weighted by atomic mass is 32.1. The van der Waals surface area contributed by atoms with Gasteiger partial charge in [-0.25, -0.2) is 4.98 Å². The summed E-state index contributed by atoms with van der Waals surface area (Å²) in [6.45, 7) is 5.94. The van der Waals surface area contributed by atoms with Crippen LogP contribution in [0.25, 0.3) is 10.2 Å². The second-order valence-electron chi connectivity index (χ2n) is 5.18. The number of aromatic nitrogens is 3. The molecule has 3 rings (SSSR count). The van der Waals surface area contributed by atoms with Crippen molar-refractivity contribution in [1.29, 1.82) is 0 Å². The monoisotopic (exact) mass is 300 g/mol. The van der Waals surface area contributed by atoms with E-state index in [1.165, 1.54) is 16.9 Å². The molecule has 0 saturated carbocycles. The third-order valence-corrected chi connectivity index (χ3v) is 4.50. The highest BCUT2D eigenvalue weighted by Gasteiger charge is 2.16. The predicted octanol–water partition coefficient (Wildman–Crippen LogP) is 3.21. The molecule has 3 aromatic rings. The summed E-state index contributed by atoms with van der Waals surface area (Å²) in [5, 5.41) is 7.63. The molecule has 0 aliphatic heterocycles. The number of fused-ring (bicyclic) bond motifs is 1. The first kappa shape index (κ1) is 13.8. The Kier molecular flexibility index (Phi) is 3.25. The molecule has 5 nitrogen and oxygen atoms in total. The number of aryl methyl sites for hydroxylation is 4. The standard InChI is InChI=1S/C15H16N4OS/c1-8-5-6-9(2)13-11(8)16-15(21-13)17-14(20)12-10(3)7-19(4)18-12/h5-7H,1-4H3,(H,16,17,20). The number of carbonyl (C=O) groups is 1. The Bertz CT molecular complexity index is 808. The number of hydrogen-bond donors (Lipinski definition) is 1. The zero-order chi connectivity index (χ0) is 15.1. The largest absolute Gasteiger partial charge is 0.296 e. The fourth-order valence-corrected chi connectivity index (χ4v) is 3.31. The van der Waals surface area contributed by atoms with Gasteiger partial charge in [-0.05, 0) is 31.9 Å². The number of benzene rings is 1. The summed E-state index contributed by atoms with van der Waals surface area (Å²) < 4.78 is 2.75. The van der Waals surface area contributed by atoms with Gasteiger partial charge >= 0.3 is 0 Å². The number of rotatable bonds is 2. The number of anilines is 1. The molecule has 1 N–H and O–H groups in total. The molecule has 1 aromatic carbocycles. The van der Waals surface area contributed by atoms with E-state index in [4.69, 9.17) is 0 Å². The minimum absolute atomic E-state index is 0.220. The molecule has 0 spiro atoms. The van der Waals surface area contributed by atoms with Gasteiger partial charge in [-0.2, -0.15) is 5.10 Å². The summed E-state index contributed by atoms with van der Waals surface area (Å²) >= 11 is 1.50. The van der Waals surface area contributed by atoms with E-state index in [2.05, 4.69) is 28.4 Å². The van der Waals surface area contributed by atoms with E-state index in [1.54, 1.807) is 11.7 Å². The lowest BCUT2D eigenvalue weighted by Gasteiger charge is -1.98. The van der Waals surface area contributed by atoms with Crippen LogP contribution in [0.15, 0.2) is 18.3 Å². The minimum atomic E-state index is -0.220. The molecule has 0 unspecified atom stereocenters. The second-order valence-corrected chi connectivity index (χ2v) is 6.18. The van der Waals surface area contributed by atoms with E-state index in [0.29, 0.717) is 10.8 Å². The number of carbonyl (C=O) groups excluding carboxylic acids is 1. The van der Waals surface area contributed by atoms with Crippen molar-refractivity contribution in [3.63, 3.8) is 0 Å². The summed E-state index contributed by atoms with van der Waals surface area (Å²) in [5.41, 5.74) is 4.52. The predicted molar refractivity (Wildman–Crippen MR) is 85.0 cm³/mol. The van der Waals surface area contributed by atoms with E-state index < -0.39 is 0 Å². The van der Waals surface area contributed by atoms with Crippen LogP contribution in [0.5, 0.6) is 0 Å². The number of nitrogens with one attached hydrogen (secondary N) is 1. The van der Waals surface area contributed by atoms with Gasteiger partial charge in [0, 0.05) is 18.8 Å². The zero-order valence-electron chi connectivity index (χ0n) is 12.4. The molecule has 108 valence electrons. The van der Waals surface area contributed by atoms with Crippen LogP contribution in [-0.2, 0) is 7.05 Å². The summed E-state index contributed by atoms with van der Waals surface area (Å²) in [5.74, 6) is -0.220. The molecule has 0 atom stereocenters. The van der Waals surface area contributed by atoms with Gasteiger partial charge in [0.05, 0.1) is 10.2 Å². The molecule has 21 heavy (non-hydrogen) atoms. The lowest BCUT2D eigenvalue weighted by atomic mass is 10.1. The molecule has 0 aliphatic carbocycles. The average molecular weight is 300 g/mol. The summed E-state index contributed by atoms with van der Waals surface area (Å²) in [6.07, 6.45) is 1.82. The molecule has 6 heteroatoms. The molecule has 0 bridgehead atoms. The molecule has 0 fully saturated rings. The van der Waals surface area contributed by atoms with Crippen LogP contribution in [0.4, 0.5) is 5.13 Å². The topological polar surface area (TPSA) is 59.8 Å². The lowest BCUT2D eigenvalue weighted by Crippen LogP contribution is -2.13. The Morgan fingerprint density at radius 3 is 2.52 bits per heavy atom. The van der Waals surface area contributed by atoms with Crippen LogP contribution in [0.1, 0.15) is 27.2 Å². The zero-order valence-corrected chi connectivity index (χ0v) is 13.2. The number of amides is 1. The Hall–Kier alpha value is -2.21. The van der Waals surface area contributed by atoms with Gasteiger partial charge in [-0.3, -0.25) is 14.8 Å². The van der Waals surface area contributed by atoms with Crippen LogP contribution in [0, 0.1) is 20.8 Å². The van der Waals surface area contributed by atoms with Crippen molar-refractivity contribution >= 4 is 32.6 Å². The van der Waals surface area contributed by atoms with Gasteiger partial charge in [0.25, 0.3) is 5.91 Å². The average Bonchev–Trinajstić information content (AvgIpc) is 2.98. The van der Waals surface area contributed by atoms with Crippen LogP contribution < -0.4 is 5.32 Å². The Balaban J connectivity index is 1.95. The number of thiazole rings is 1. The molecular weight excluding hydrogens is 284 g/mol. The van der Waals surface area contributed by atoms with Crippen molar-refractivity contribution in [2.24, 2.45) is 7.05 Å². The Labute approximate surface area is 126 Å². The number of hydrogen-bond acceptors (Lipinski definition) is 4. The van der Waals surface area contributed by atoms with E-state index >= 15 is 0 Å². The molecule has 2 heterocycles. The minimum Gasteiger partial charge on any atom is -0.296 e. The third kappa shape index (κ3) is 2.42. The summed E-state index contributed by atoms with van der Waals surface area (Å²) in [4.78, 5) is 16.8. The van der Waals surface area contributed by atoms with Crippen molar-refractivity contribution in [2.45, 2.75) is 20.8 Å². The smallest absolute Gasteiger partial charge is 0.278 e. The third-order valence-electron chi connectivity index (χ3n) is 3.39. The fraction of sp³-hybridized carbons (Fsp3) is 0.267. The maximum atomic E-state index is 12.3. The maximum Gasteiger partial charge on any atom is 0.278 e. The highest BCUT2D eigenvalue weighted by Crippen LogP contribution is 2.31. The summed E-state index contributed by atoms with van der Waals surface area (Å²) in [6, 6.07) is 4.12. The van der Waals surface area contributed by atoms with Crippen molar-refractivity contribution < 1.29 is 4.79 Å². The SMILES string of the molecule is Cc1cn(C)nc1C(=O)Nc1nc2c(C)ccc(C)c2s1. The van der Waals surface area contributed by atoms with Gasteiger partial charge in [-0.15, -0.1) is 0 Å². The van der Waals surface area contributed by atoms with Crippen LogP contribution in [0.2, 0.25) is 0 Å².